The van der Waals surface area contributed by atoms with Crippen LogP contribution < -0.4 is 9.47 Å². The van der Waals surface area contributed by atoms with Gasteiger partial charge in [-0.05, 0) is 53.9 Å². The van der Waals surface area contributed by atoms with Gasteiger partial charge in [0.15, 0.2) is 17.3 Å². The van der Waals surface area contributed by atoms with Gasteiger partial charge in [0, 0.05) is 18.8 Å². The average molecular weight is 406 g/mol. The zero-order valence-electron chi connectivity index (χ0n) is 17.3. The second kappa shape index (κ2) is 6.56. The van der Waals surface area contributed by atoms with Gasteiger partial charge in [0.1, 0.15) is 5.41 Å². The Balaban J connectivity index is 1.67. The average Bonchev–Trinajstić information content (AvgIpc) is 3.48. The summed E-state index contributed by atoms with van der Waals surface area (Å²) < 4.78 is 24.0. The van der Waals surface area contributed by atoms with Crippen molar-refractivity contribution in [1.82, 2.24) is 0 Å². The van der Waals surface area contributed by atoms with E-state index in [1.807, 2.05) is 36.4 Å². The van der Waals surface area contributed by atoms with E-state index in [1.54, 1.807) is 14.2 Å². The van der Waals surface area contributed by atoms with E-state index in [2.05, 4.69) is 6.07 Å². The molecule has 2 aromatic carbocycles. The van der Waals surface area contributed by atoms with E-state index in [1.165, 1.54) is 5.56 Å². The zero-order valence-corrected chi connectivity index (χ0v) is 17.3. The Morgan fingerprint density at radius 1 is 0.933 bits per heavy atom. The maximum Gasteiger partial charge on any atom is 0.178 e. The Kier molecular flexibility index (Phi) is 4.03. The number of Topliss-reactive ketones (excluding diaryl/α,β-unsaturated/α-hetero) is 1. The lowest BCUT2D eigenvalue weighted by Crippen LogP contribution is -2.67. The van der Waals surface area contributed by atoms with Gasteiger partial charge in [0.25, 0.3) is 0 Å². The van der Waals surface area contributed by atoms with Crippen molar-refractivity contribution in [2.24, 2.45) is 11.8 Å². The highest BCUT2D eigenvalue weighted by atomic mass is 16.5. The summed E-state index contributed by atoms with van der Waals surface area (Å²) in [5.41, 5.74) is 2.08. The molecule has 0 amide bonds. The minimum absolute atomic E-state index is 0.100. The third-order valence-corrected chi connectivity index (χ3v) is 7.87. The van der Waals surface area contributed by atoms with Crippen molar-refractivity contribution >= 4 is 5.78 Å². The maximum absolute atomic E-state index is 14.3. The Morgan fingerprint density at radius 3 is 2.13 bits per heavy atom. The molecule has 30 heavy (non-hydrogen) atoms. The SMILES string of the molecule is COc1cc2c(cc1OC)C1(C(=O)c3ccccc3)[C@@H]3OCC[C@@H]3C2[C@@H]2CCO[C@@H]21. The van der Waals surface area contributed by atoms with E-state index in [9.17, 15) is 4.79 Å². The third-order valence-electron chi connectivity index (χ3n) is 7.87. The van der Waals surface area contributed by atoms with Crippen LogP contribution in [-0.4, -0.2) is 45.4 Å². The molecule has 2 saturated heterocycles. The first-order valence-electron chi connectivity index (χ1n) is 10.8. The van der Waals surface area contributed by atoms with Crippen molar-refractivity contribution in [3.8, 4) is 11.5 Å². The van der Waals surface area contributed by atoms with Crippen LogP contribution in [-0.2, 0) is 14.9 Å². The Morgan fingerprint density at radius 2 is 1.53 bits per heavy atom. The third kappa shape index (κ3) is 2.12. The fourth-order valence-corrected chi connectivity index (χ4v) is 6.87. The fourth-order valence-electron chi connectivity index (χ4n) is 6.87. The predicted molar refractivity (Wildman–Crippen MR) is 110 cm³/mol. The van der Waals surface area contributed by atoms with Crippen LogP contribution in [0, 0.1) is 11.8 Å². The molecule has 6 atom stereocenters. The zero-order chi connectivity index (χ0) is 20.5. The number of benzene rings is 2. The predicted octanol–water partition coefficient (Wildman–Crippen LogP) is 3.75. The molecule has 2 heterocycles. The molecule has 2 aromatic rings. The summed E-state index contributed by atoms with van der Waals surface area (Å²) in [6, 6.07) is 13.7. The van der Waals surface area contributed by atoms with Crippen LogP contribution >= 0.6 is 0 Å². The van der Waals surface area contributed by atoms with Crippen LogP contribution in [0.15, 0.2) is 42.5 Å². The molecule has 2 aliphatic heterocycles. The first-order chi connectivity index (χ1) is 14.7. The first-order valence-corrected chi connectivity index (χ1v) is 10.8. The summed E-state index contributed by atoms with van der Waals surface area (Å²) in [6.45, 7) is 1.38. The summed E-state index contributed by atoms with van der Waals surface area (Å²) in [5, 5.41) is 0. The van der Waals surface area contributed by atoms with Crippen LogP contribution in [0.5, 0.6) is 11.5 Å². The van der Waals surface area contributed by atoms with Gasteiger partial charge in [0.05, 0.1) is 26.4 Å². The molecule has 5 heteroatoms. The smallest absolute Gasteiger partial charge is 0.178 e. The number of methoxy groups -OCH3 is 2. The highest BCUT2D eigenvalue weighted by Gasteiger charge is 2.71. The molecule has 2 unspecified atom stereocenters. The topological polar surface area (TPSA) is 54.0 Å². The maximum atomic E-state index is 14.3. The Labute approximate surface area is 176 Å². The van der Waals surface area contributed by atoms with Gasteiger partial charge >= 0.3 is 0 Å². The quantitative estimate of drug-likeness (QED) is 0.724. The summed E-state index contributed by atoms with van der Waals surface area (Å²) in [7, 11) is 3.31. The molecule has 0 spiro atoms. The monoisotopic (exact) mass is 406 g/mol. The standard InChI is InChI=1S/C25H26O5/c1-27-19-12-17-18(13-20(19)28-2)25(22(26)14-6-4-3-5-7-14)23-15(8-10-29-23)21(17)16-9-11-30-24(16)25/h3-7,12-13,15-16,21,23-24H,8-11H2,1-2H3/t15-,16+,21?,23-,24+,25?. The van der Waals surface area contributed by atoms with E-state index < -0.39 is 5.41 Å². The number of carbonyl (C=O) groups is 1. The van der Waals surface area contributed by atoms with Gasteiger partial charge < -0.3 is 18.9 Å². The highest BCUT2D eigenvalue weighted by Crippen LogP contribution is 2.66. The van der Waals surface area contributed by atoms with Crippen LogP contribution in [0.3, 0.4) is 0 Å². The van der Waals surface area contributed by atoms with E-state index in [-0.39, 0.29) is 18.0 Å². The minimum atomic E-state index is -0.854. The van der Waals surface area contributed by atoms with Crippen LogP contribution in [0.25, 0.3) is 0 Å². The number of hydrogen-bond donors (Lipinski definition) is 0. The molecule has 7 rings (SSSR count). The molecule has 1 saturated carbocycles. The lowest BCUT2D eigenvalue weighted by molar-refractivity contribution is -0.0975. The highest BCUT2D eigenvalue weighted by molar-refractivity contribution is 6.06. The molecule has 156 valence electrons. The normalized spacial score (nSPS) is 35.5. The molecule has 0 N–H and O–H groups in total. The second-order valence-corrected chi connectivity index (χ2v) is 8.87. The molecular formula is C25H26O5. The van der Waals surface area contributed by atoms with Gasteiger partial charge in [-0.25, -0.2) is 0 Å². The van der Waals surface area contributed by atoms with Crippen LogP contribution in [0.1, 0.15) is 40.2 Å². The van der Waals surface area contributed by atoms with Gasteiger partial charge in [-0.2, -0.15) is 0 Å². The van der Waals surface area contributed by atoms with E-state index in [0.717, 1.165) is 24.2 Å². The van der Waals surface area contributed by atoms with Gasteiger partial charge in [0.2, 0.25) is 0 Å². The van der Waals surface area contributed by atoms with E-state index >= 15 is 0 Å². The van der Waals surface area contributed by atoms with Crippen molar-refractivity contribution in [3.05, 3.63) is 59.2 Å². The lowest BCUT2D eigenvalue weighted by Gasteiger charge is -2.58. The van der Waals surface area contributed by atoms with Crippen LogP contribution in [0.2, 0.25) is 0 Å². The summed E-state index contributed by atoms with van der Waals surface area (Å²) >= 11 is 0. The van der Waals surface area contributed by atoms with E-state index in [4.69, 9.17) is 18.9 Å². The minimum Gasteiger partial charge on any atom is -0.493 e. The van der Waals surface area contributed by atoms with Crippen LogP contribution in [0.4, 0.5) is 0 Å². The van der Waals surface area contributed by atoms with Crippen molar-refractivity contribution in [1.29, 1.82) is 0 Å². The van der Waals surface area contributed by atoms with Crippen molar-refractivity contribution in [3.63, 3.8) is 0 Å². The number of hydrogen-bond acceptors (Lipinski definition) is 5. The molecule has 5 nitrogen and oxygen atoms in total. The molecule has 5 aliphatic rings. The largest absolute Gasteiger partial charge is 0.493 e. The molecular weight excluding hydrogens is 380 g/mol. The molecule has 0 aromatic heterocycles. The summed E-state index contributed by atoms with van der Waals surface area (Å²) in [6.07, 6.45) is 1.63. The number of carbonyl (C=O) groups excluding carboxylic acids is 1. The van der Waals surface area contributed by atoms with Gasteiger partial charge in [-0.15, -0.1) is 0 Å². The first kappa shape index (κ1) is 18.4. The van der Waals surface area contributed by atoms with Crippen molar-refractivity contribution in [2.45, 2.75) is 36.4 Å². The lowest BCUT2D eigenvalue weighted by atomic mass is 9.45. The molecule has 2 bridgehead atoms. The number of ketones is 1. The number of ether oxygens (including phenoxy) is 4. The Hall–Kier alpha value is -2.37. The number of rotatable bonds is 4. The van der Waals surface area contributed by atoms with E-state index in [0.29, 0.717) is 42.3 Å². The summed E-state index contributed by atoms with van der Waals surface area (Å²) in [5.74, 6) is 2.44. The molecule has 3 aliphatic carbocycles. The van der Waals surface area contributed by atoms with Gasteiger partial charge in [-0.1, -0.05) is 30.3 Å². The Bertz CT molecular complexity index is 978. The molecule has 0 radical (unpaired) electrons. The van der Waals surface area contributed by atoms with Crippen molar-refractivity contribution in [2.75, 3.05) is 27.4 Å². The summed E-state index contributed by atoms with van der Waals surface area (Å²) in [4.78, 5) is 14.3. The molecule has 3 fully saturated rings. The fraction of sp³-hybridized carbons (Fsp3) is 0.480. The van der Waals surface area contributed by atoms with Crippen molar-refractivity contribution < 1.29 is 23.7 Å². The van der Waals surface area contributed by atoms with Gasteiger partial charge in [-0.3, -0.25) is 4.79 Å². The second-order valence-electron chi connectivity index (χ2n) is 8.87.